The van der Waals surface area contributed by atoms with Gasteiger partial charge >= 0.3 is 12.0 Å². The molecule has 1 aliphatic carbocycles. The Hall–Kier alpha value is -2.90. The van der Waals surface area contributed by atoms with Crippen LogP contribution in [0.3, 0.4) is 0 Å². The van der Waals surface area contributed by atoms with Crippen LogP contribution in [0.1, 0.15) is 57.9 Å². The Balaban J connectivity index is 1.54. The SMILES string of the molecule is CC(C)c1ccccc1NC(=O)COC(=O)CN1C(=O)N[C@]2(CCCC[C@@H]2C)C1=O. The maximum atomic E-state index is 12.9. The molecule has 1 aromatic carbocycles. The average Bonchev–Trinajstić information content (AvgIpc) is 2.94. The fourth-order valence-electron chi connectivity index (χ4n) is 4.26. The van der Waals surface area contributed by atoms with Gasteiger partial charge in [-0.2, -0.15) is 0 Å². The lowest BCUT2D eigenvalue weighted by Gasteiger charge is -2.36. The highest BCUT2D eigenvalue weighted by Crippen LogP contribution is 2.38. The molecule has 1 heterocycles. The van der Waals surface area contributed by atoms with Gasteiger partial charge in [0.1, 0.15) is 12.1 Å². The summed E-state index contributed by atoms with van der Waals surface area (Å²) in [5, 5.41) is 5.52. The number of anilines is 1. The van der Waals surface area contributed by atoms with Crippen LogP contribution < -0.4 is 10.6 Å². The van der Waals surface area contributed by atoms with E-state index in [0.717, 1.165) is 29.7 Å². The Kier molecular flexibility index (Phi) is 6.43. The van der Waals surface area contributed by atoms with Crippen LogP contribution in [0.15, 0.2) is 24.3 Å². The van der Waals surface area contributed by atoms with Crippen molar-refractivity contribution in [1.82, 2.24) is 10.2 Å². The molecule has 2 aliphatic rings. The molecule has 0 bridgehead atoms. The highest BCUT2D eigenvalue weighted by Gasteiger charge is 2.55. The van der Waals surface area contributed by atoms with Crippen molar-refractivity contribution in [3.8, 4) is 0 Å². The average molecular weight is 415 g/mol. The van der Waals surface area contributed by atoms with Gasteiger partial charge in [0, 0.05) is 5.69 Å². The predicted octanol–water partition coefficient (Wildman–Crippen LogP) is 2.79. The summed E-state index contributed by atoms with van der Waals surface area (Å²) < 4.78 is 5.01. The van der Waals surface area contributed by atoms with Gasteiger partial charge in [0.2, 0.25) is 0 Å². The molecule has 1 spiro atoms. The molecule has 1 saturated carbocycles. The van der Waals surface area contributed by atoms with E-state index in [0.29, 0.717) is 12.1 Å². The summed E-state index contributed by atoms with van der Waals surface area (Å²) in [6.45, 7) is 4.98. The number of urea groups is 1. The fourth-order valence-corrected chi connectivity index (χ4v) is 4.26. The minimum Gasteiger partial charge on any atom is -0.454 e. The van der Waals surface area contributed by atoms with Gasteiger partial charge in [-0.15, -0.1) is 0 Å². The van der Waals surface area contributed by atoms with Crippen LogP contribution >= 0.6 is 0 Å². The van der Waals surface area contributed by atoms with Crippen molar-refractivity contribution in [2.75, 3.05) is 18.5 Å². The molecule has 3 rings (SSSR count). The van der Waals surface area contributed by atoms with E-state index in [2.05, 4.69) is 10.6 Å². The summed E-state index contributed by atoms with van der Waals surface area (Å²) in [7, 11) is 0. The minimum atomic E-state index is -0.923. The number of benzene rings is 1. The van der Waals surface area contributed by atoms with Gasteiger partial charge in [0.05, 0.1) is 0 Å². The summed E-state index contributed by atoms with van der Waals surface area (Å²) in [5.41, 5.74) is 0.715. The van der Waals surface area contributed by atoms with Gasteiger partial charge in [0.15, 0.2) is 6.61 Å². The molecule has 1 aromatic rings. The van der Waals surface area contributed by atoms with E-state index in [4.69, 9.17) is 4.74 Å². The number of amides is 4. The molecule has 0 unspecified atom stereocenters. The van der Waals surface area contributed by atoms with Gasteiger partial charge in [-0.3, -0.25) is 19.3 Å². The quantitative estimate of drug-likeness (QED) is 0.549. The van der Waals surface area contributed by atoms with Crippen LogP contribution in [-0.2, 0) is 19.1 Å². The third kappa shape index (κ3) is 4.32. The number of hydrogen-bond donors (Lipinski definition) is 2. The largest absolute Gasteiger partial charge is 0.454 e. The van der Waals surface area contributed by atoms with Crippen LogP contribution in [0, 0.1) is 5.92 Å². The van der Waals surface area contributed by atoms with Crippen molar-refractivity contribution in [1.29, 1.82) is 0 Å². The Morgan fingerprint density at radius 3 is 2.70 bits per heavy atom. The predicted molar refractivity (Wildman–Crippen MR) is 111 cm³/mol. The summed E-state index contributed by atoms with van der Waals surface area (Å²) in [6.07, 6.45) is 3.29. The molecule has 0 aromatic heterocycles. The number of para-hydroxylation sites is 1. The van der Waals surface area contributed by atoms with Gasteiger partial charge in [0.25, 0.3) is 11.8 Å². The van der Waals surface area contributed by atoms with E-state index in [-0.39, 0.29) is 17.7 Å². The zero-order valence-electron chi connectivity index (χ0n) is 17.7. The summed E-state index contributed by atoms with van der Waals surface area (Å²) >= 11 is 0. The number of carbonyl (C=O) groups is 4. The van der Waals surface area contributed by atoms with Gasteiger partial charge in [-0.25, -0.2) is 4.79 Å². The van der Waals surface area contributed by atoms with E-state index in [9.17, 15) is 19.2 Å². The van der Waals surface area contributed by atoms with Crippen molar-refractivity contribution < 1.29 is 23.9 Å². The third-order valence-electron chi connectivity index (χ3n) is 6.01. The maximum Gasteiger partial charge on any atom is 0.326 e. The van der Waals surface area contributed by atoms with Crippen molar-refractivity contribution in [3.05, 3.63) is 29.8 Å². The number of rotatable bonds is 6. The standard InChI is InChI=1S/C22H29N3O5/c1-14(2)16-9-4-5-10-17(16)23-18(26)13-30-19(27)12-25-20(28)22(24-21(25)29)11-7-6-8-15(22)3/h4-5,9-10,14-15H,6-8,11-13H2,1-3H3,(H,23,26)(H,24,29)/t15-,22-/m0/s1. The first-order valence-corrected chi connectivity index (χ1v) is 10.4. The Bertz CT molecular complexity index is 853. The fraction of sp³-hybridized carbons (Fsp3) is 0.545. The molecular weight excluding hydrogens is 386 g/mol. The van der Waals surface area contributed by atoms with Gasteiger partial charge in [-0.1, -0.05) is 51.8 Å². The number of nitrogens with zero attached hydrogens (tertiary/aromatic N) is 1. The number of esters is 1. The molecule has 1 saturated heterocycles. The van der Waals surface area contributed by atoms with Crippen LogP contribution in [0.5, 0.6) is 0 Å². The number of hydrogen-bond acceptors (Lipinski definition) is 5. The second-order valence-electron chi connectivity index (χ2n) is 8.39. The molecule has 8 nitrogen and oxygen atoms in total. The molecule has 0 radical (unpaired) electrons. The van der Waals surface area contributed by atoms with Crippen LogP contribution in [0.4, 0.5) is 10.5 Å². The van der Waals surface area contributed by atoms with E-state index >= 15 is 0 Å². The highest BCUT2D eigenvalue weighted by atomic mass is 16.5. The molecule has 4 amide bonds. The van der Waals surface area contributed by atoms with Crippen molar-refractivity contribution >= 4 is 29.5 Å². The molecule has 162 valence electrons. The first kappa shape index (κ1) is 21.8. The second-order valence-corrected chi connectivity index (χ2v) is 8.39. The number of nitrogens with one attached hydrogen (secondary N) is 2. The number of carbonyl (C=O) groups excluding carboxylic acids is 4. The highest BCUT2D eigenvalue weighted by molar-refractivity contribution is 6.09. The normalized spacial score (nSPS) is 23.6. The molecule has 8 heteroatoms. The van der Waals surface area contributed by atoms with Crippen molar-refractivity contribution in [2.45, 2.75) is 57.9 Å². The lowest BCUT2D eigenvalue weighted by Crippen LogP contribution is -2.54. The van der Waals surface area contributed by atoms with E-state index < -0.39 is 36.6 Å². The third-order valence-corrected chi connectivity index (χ3v) is 6.01. The van der Waals surface area contributed by atoms with Crippen LogP contribution in [-0.4, -0.2) is 47.4 Å². The zero-order chi connectivity index (χ0) is 21.9. The van der Waals surface area contributed by atoms with E-state index in [1.165, 1.54) is 0 Å². The lowest BCUT2D eigenvalue weighted by molar-refractivity contribution is -0.150. The maximum absolute atomic E-state index is 12.9. The minimum absolute atomic E-state index is 0.00974. The monoisotopic (exact) mass is 415 g/mol. The van der Waals surface area contributed by atoms with Gasteiger partial charge < -0.3 is 15.4 Å². The molecule has 2 fully saturated rings. The topological polar surface area (TPSA) is 105 Å². The number of ether oxygens (including phenoxy) is 1. The van der Waals surface area contributed by atoms with Gasteiger partial charge in [-0.05, 0) is 36.3 Å². The summed E-state index contributed by atoms with van der Waals surface area (Å²) in [4.78, 5) is 50.5. The van der Waals surface area contributed by atoms with Crippen LogP contribution in [0.2, 0.25) is 0 Å². The molecule has 2 atom stereocenters. The smallest absolute Gasteiger partial charge is 0.326 e. The summed E-state index contributed by atoms with van der Waals surface area (Å²) in [5.74, 6) is -1.43. The first-order chi connectivity index (χ1) is 14.2. The first-order valence-electron chi connectivity index (χ1n) is 10.4. The molecule has 2 N–H and O–H groups in total. The lowest BCUT2D eigenvalue weighted by atomic mass is 9.73. The summed E-state index contributed by atoms with van der Waals surface area (Å²) in [6, 6.07) is 6.83. The molecule has 1 aliphatic heterocycles. The Morgan fingerprint density at radius 2 is 2.00 bits per heavy atom. The van der Waals surface area contributed by atoms with Crippen LogP contribution in [0.25, 0.3) is 0 Å². The van der Waals surface area contributed by atoms with E-state index in [1.807, 2.05) is 39.0 Å². The Labute approximate surface area is 176 Å². The van der Waals surface area contributed by atoms with Crippen molar-refractivity contribution in [2.24, 2.45) is 5.92 Å². The number of imide groups is 1. The second kappa shape index (κ2) is 8.85. The molecular formula is C22H29N3O5. The van der Waals surface area contributed by atoms with Crippen molar-refractivity contribution in [3.63, 3.8) is 0 Å². The van der Waals surface area contributed by atoms with E-state index in [1.54, 1.807) is 6.07 Å². The molecule has 30 heavy (non-hydrogen) atoms. The zero-order valence-corrected chi connectivity index (χ0v) is 17.7. The Morgan fingerprint density at radius 1 is 1.27 bits per heavy atom.